The van der Waals surface area contributed by atoms with E-state index in [1.807, 2.05) is 6.92 Å². The zero-order valence-corrected chi connectivity index (χ0v) is 10.4. The topological polar surface area (TPSA) is 37.3 Å². The Labute approximate surface area is 102 Å². The zero-order valence-electron chi connectivity index (χ0n) is 10.4. The van der Waals surface area contributed by atoms with Gasteiger partial charge in [-0.05, 0) is 26.2 Å². The summed E-state index contributed by atoms with van der Waals surface area (Å²) < 4.78 is 25.6. The second kappa shape index (κ2) is 9.14. The van der Waals surface area contributed by atoms with Crippen LogP contribution in [0.2, 0.25) is 0 Å². The van der Waals surface area contributed by atoms with E-state index in [1.54, 1.807) is 0 Å². The lowest BCUT2D eigenvalue weighted by molar-refractivity contribution is -0.145. The highest BCUT2D eigenvalue weighted by atomic mass is 19.2. The largest absolute Gasteiger partial charge is 0.479 e. The van der Waals surface area contributed by atoms with E-state index in [0.717, 1.165) is 37.7 Å². The molecule has 0 aromatic rings. The fourth-order valence-electron chi connectivity index (χ4n) is 1.60. The van der Waals surface area contributed by atoms with Crippen LogP contribution in [-0.4, -0.2) is 23.4 Å². The number of carbonyl (C=O) groups is 1. The Hall–Kier alpha value is -0.930. The first kappa shape index (κ1) is 16.1. The Morgan fingerprint density at radius 1 is 1.18 bits per heavy atom. The average Bonchev–Trinajstić information content (AvgIpc) is 2.25. The number of carboxylic acids is 1. The van der Waals surface area contributed by atoms with Gasteiger partial charge in [0.05, 0.1) is 0 Å². The molecule has 1 N–H and O–H groups in total. The molecular formula is C13H22F2O2. The van der Waals surface area contributed by atoms with Gasteiger partial charge in [-0.15, -0.1) is 6.58 Å². The highest BCUT2D eigenvalue weighted by Crippen LogP contribution is 2.15. The second-order valence-electron chi connectivity index (χ2n) is 4.52. The van der Waals surface area contributed by atoms with E-state index >= 15 is 0 Å². The van der Waals surface area contributed by atoms with Crippen molar-refractivity contribution in [3.8, 4) is 0 Å². The molecule has 0 saturated carbocycles. The Bertz CT molecular complexity index is 242. The first-order valence-corrected chi connectivity index (χ1v) is 6.10. The summed E-state index contributed by atoms with van der Waals surface area (Å²) in [5, 5.41) is 8.25. The quantitative estimate of drug-likeness (QED) is 0.467. The van der Waals surface area contributed by atoms with Crippen LogP contribution in [0, 0.1) is 0 Å². The molecule has 0 aliphatic rings. The van der Waals surface area contributed by atoms with E-state index in [2.05, 4.69) is 6.58 Å². The molecule has 2 unspecified atom stereocenters. The SMILES string of the molecule is C=C(C)CCCCCCCC(F)C(F)C(=O)O. The number of rotatable bonds is 10. The van der Waals surface area contributed by atoms with Crippen LogP contribution in [0.1, 0.15) is 51.9 Å². The van der Waals surface area contributed by atoms with Crippen LogP contribution >= 0.6 is 0 Å². The number of alkyl halides is 2. The predicted molar refractivity (Wildman–Crippen MR) is 64.6 cm³/mol. The summed E-state index contributed by atoms with van der Waals surface area (Å²) in [7, 11) is 0. The molecule has 2 atom stereocenters. The van der Waals surface area contributed by atoms with Crippen molar-refractivity contribution in [1.29, 1.82) is 0 Å². The zero-order chi connectivity index (χ0) is 13.3. The van der Waals surface area contributed by atoms with E-state index in [9.17, 15) is 13.6 Å². The first-order chi connectivity index (χ1) is 7.95. The summed E-state index contributed by atoms with van der Waals surface area (Å²) in [6, 6.07) is 0. The fraction of sp³-hybridized carbons (Fsp3) is 0.769. The van der Waals surface area contributed by atoms with Gasteiger partial charge in [0.2, 0.25) is 6.17 Å². The average molecular weight is 248 g/mol. The maximum Gasteiger partial charge on any atom is 0.341 e. The summed E-state index contributed by atoms with van der Waals surface area (Å²) in [5.41, 5.74) is 1.16. The molecule has 0 aliphatic carbocycles. The minimum absolute atomic E-state index is 0.00600. The third kappa shape index (κ3) is 8.83. The van der Waals surface area contributed by atoms with Gasteiger partial charge in [0.25, 0.3) is 0 Å². The van der Waals surface area contributed by atoms with Gasteiger partial charge in [-0.25, -0.2) is 13.6 Å². The smallest absolute Gasteiger partial charge is 0.341 e. The summed E-state index contributed by atoms with van der Waals surface area (Å²) >= 11 is 0. The molecule has 0 rings (SSSR count). The lowest BCUT2D eigenvalue weighted by Gasteiger charge is -2.09. The number of allylic oxidation sites excluding steroid dienone is 1. The third-order valence-electron chi connectivity index (χ3n) is 2.64. The molecule has 0 radical (unpaired) electrons. The minimum atomic E-state index is -2.38. The number of hydrogen-bond acceptors (Lipinski definition) is 1. The fourth-order valence-corrected chi connectivity index (χ4v) is 1.60. The van der Waals surface area contributed by atoms with E-state index < -0.39 is 18.3 Å². The standard InChI is InChI=1S/C13H22F2O2/c1-10(2)8-6-4-3-5-7-9-11(14)12(15)13(16)17/h11-12H,1,3-9H2,2H3,(H,16,17). The molecule has 0 bridgehead atoms. The molecule has 4 heteroatoms. The maximum atomic E-state index is 13.0. The second-order valence-corrected chi connectivity index (χ2v) is 4.52. The van der Waals surface area contributed by atoms with E-state index in [-0.39, 0.29) is 6.42 Å². The van der Waals surface area contributed by atoms with Crippen molar-refractivity contribution in [3.63, 3.8) is 0 Å². The minimum Gasteiger partial charge on any atom is -0.479 e. The van der Waals surface area contributed by atoms with Crippen LogP contribution in [0.5, 0.6) is 0 Å². The Morgan fingerprint density at radius 2 is 1.71 bits per heavy atom. The van der Waals surface area contributed by atoms with E-state index in [0.29, 0.717) is 6.42 Å². The number of aliphatic carboxylic acids is 1. The van der Waals surface area contributed by atoms with Crippen molar-refractivity contribution in [2.24, 2.45) is 0 Å². The molecule has 100 valence electrons. The monoisotopic (exact) mass is 248 g/mol. The van der Waals surface area contributed by atoms with Gasteiger partial charge < -0.3 is 5.11 Å². The van der Waals surface area contributed by atoms with Crippen molar-refractivity contribution in [2.45, 2.75) is 64.2 Å². The molecule has 2 nitrogen and oxygen atoms in total. The van der Waals surface area contributed by atoms with Crippen LogP contribution in [-0.2, 0) is 4.79 Å². The van der Waals surface area contributed by atoms with Crippen LogP contribution < -0.4 is 0 Å². The van der Waals surface area contributed by atoms with Crippen molar-refractivity contribution in [3.05, 3.63) is 12.2 Å². The molecule has 0 fully saturated rings. The number of unbranched alkanes of at least 4 members (excludes halogenated alkanes) is 4. The van der Waals surface area contributed by atoms with Crippen molar-refractivity contribution >= 4 is 5.97 Å². The lowest BCUT2D eigenvalue weighted by atomic mass is 10.0. The van der Waals surface area contributed by atoms with Crippen molar-refractivity contribution in [2.75, 3.05) is 0 Å². The molecule has 0 saturated heterocycles. The van der Waals surface area contributed by atoms with Crippen molar-refractivity contribution in [1.82, 2.24) is 0 Å². The van der Waals surface area contributed by atoms with E-state index in [4.69, 9.17) is 5.11 Å². The van der Waals surface area contributed by atoms with Crippen LogP contribution in [0.4, 0.5) is 8.78 Å². The molecular weight excluding hydrogens is 226 g/mol. The highest BCUT2D eigenvalue weighted by Gasteiger charge is 2.26. The maximum absolute atomic E-state index is 13.0. The molecule has 0 aromatic carbocycles. The van der Waals surface area contributed by atoms with Crippen LogP contribution in [0.3, 0.4) is 0 Å². The van der Waals surface area contributed by atoms with Gasteiger partial charge in [-0.2, -0.15) is 0 Å². The molecule has 0 aliphatic heterocycles. The van der Waals surface area contributed by atoms with E-state index in [1.165, 1.54) is 0 Å². The van der Waals surface area contributed by atoms with Crippen LogP contribution in [0.25, 0.3) is 0 Å². The lowest BCUT2D eigenvalue weighted by Crippen LogP contribution is -2.26. The van der Waals surface area contributed by atoms with Crippen LogP contribution in [0.15, 0.2) is 12.2 Å². The Kier molecular flexibility index (Phi) is 8.64. The van der Waals surface area contributed by atoms with Gasteiger partial charge in [-0.3, -0.25) is 0 Å². The molecule has 0 amide bonds. The molecule has 0 spiro atoms. The summed E-state index contributed by atoms with van der Waals surface area (Å²) in [4.78, 5) is 10.2. The van der Waals surface area contributed by atoms with Gasteiger partial charge in [0.1, 0.15) is 6.17 Å². The summed E-state index contributed by atoms with van der Waals surface area (Å²) in [6.07, 6.45) is 1.23. The summed E-state index contributed by atoms with van der Waals surface area (Å²) in [6.45, 7) is 5.79. The first-order valence-electron chi connectivity index (χ1n) is 6.10. The normalized spacial score (nSPS) is 14.3. The highest BCUT2D eigenvalue weighted by molar-refractivity contribution is 5.72. The predicted octanol–water partition coefficient (Wildman–Crippen LogP) is 4.05. The number of carboxylic acid groups (broad SMARTS) is 1. The Balaban J connectivity index is 3.39. The third-order valence-corrected chi connectivity index (χ3v) is 2.64. The van der Waals surface area contributed by atoms with Gasteiger partial charge in [0, 0.05) is 0 Å². The summed E-state index contributed by atoms with van der Waals surface area (Å²) in [5.74, 6) is -1.71. The molecule has 0 aromatic heterocycles. The molecule has 17 heavy (non-hydrogen) atoms. The van der Waals surface area contributed by atoms with Gasteiger partial charge in [0.15, 0.2) is 0 Å². The van der Waals surface area contributed by atoms with Gasteiger partial charge in [-0.1, -0.05) is 31.3 Å². The Morgan fingerprint density at radius 3 is 2.24 bits per heavy atom. The number of halogens is 2. The molecule has 0 heterocycles. The number of hydrogen-bond donors (Lipinski definition) is 1. The van der Waals surface area contributed by atoms with Gasteiger partial charge >= 0.3 is 5.97 Å². The van der Waals surface area contributed by atoms with Crippen molar-refractivity contribution < 1.29 is 18.7 Å².